The van der Waals surface area contributed by atoms with E-state index in [1.807, 2.05) is 0 Å². The van der Waals surface area contributed by atoms with E-state index in [9.17, 15) is 0 Å². The lowest BCUT2D eigenvalue weighted by molar-refractivity contribution is 0.219. The molecule has 2 aromatic carbocycles. The molecule has 0 aliphatic carbocycles. The van der Waals surface area contributed by atoms with Crippen molar-refractivity contribution in [1.29, 1.82) is 10.8 Å². The summed E-state index contributed by atoms with van der Waals surface area (Å²) in [7, 11) is 0. The second kappa shape index (κ2) is 6.72. The van der Waals surface area contributed by atoms with Crippen molar-refractivity contribution in [2.45, 2.75) is 0 Å². The number of nitrogens with zero attached hydrogens (tertiary/aromatic N) is 4. The van der Waals surface area contributed by atoms with E-state index >= 15 is 0 Å². The molecule has 0 atom stereocenters. The number of diazo groups is 2. The van der Waals surface area contributed by atoms with Crippen LogP contribution in [0.15, 0.2) is 48.5 Å². The maximum Gasteiger partial charge on any atom is 0.426 e. The van der Waals surface area contributed by atoms with Crippen LogP contribution in [0.1, 0.15) is 0 Å². The molecule has 0 aliphatic heterocycles. The Kier molecular flexibility index (Phi) is 4.47. The summed E-state index contributed by atoms with van der Waals surface area (Å²) in [5.74, 6) is 0.942. The molecule has 6 nitrogen and oxygen atoms in total. The van der Waals surface area contributed by atoms with Gasteiger partial charge < -0.3 is 9.47 Å². The van der Waals surface area contributed by atoms with Crippen LogP contribution in [0.5, 0.6) is 11.5 Å². The summed E-state index contributed by atoms with van der Waals surface area (Å²) in [5, 5.41) is 17.6. The lowest BCUT2D eigenvalue weighted by atomic mass is 10.3. The fourth-order valence-corrected chi connectivity index (χ4v) is 1.63. The molecule has 0 amide bonds. The Hall–Kier alpha value is -3.12. The molecule has 0 unspecified atom stereocenters. The highest BCUT2D eigenvalue weighted by atomic mass is 16.5. The Morgan fingerprint density at radius 3 is 1.50 bits per heavy atom. The van der Waals surface area contributed by atoms with Gasteiger partial charge in [-0.05, 0) is 12.1 Å². The van der Waals surface area contributed by atoms with Crippen LogP contribution in [0, 0.1) is 10.8 Å². The third kappa shape index (κ3) is 3.21. The van der Waals surface area contributed by atoms with Gasteiger partial charge in [0, 0.05) is 12.1 Å². The molecule has 0 spiro atoms. The third-order valence-corrected chi connectivity index (χ3v) is 2.54. The Morgan fingerprint density at radius 1 is 0.700 bits per heavy atom. The summed E-state index contributed by atoms with van der Waals surface area (Å²) in [6, 6.07) is 13.7. The molecule has 0 aromatic heterocycles. The summed E-state index contributed by atoms with van der Waals surface area (Å²) in [6.07, 6.45) is 0. The van der Waals surface area contributed by atoms with Crippen LogP contribution >= 0.6 is 0 Å². The van der Waals surface area contributed by atoms with Gasteiger partial charge >= 0.3 is 11.4 Å². The van der Waals surface area contributed by atoms with E-state index in [0.717, 1.165) is 0 Å². The predicted octanol–water partition coefficient (Wildman–Crippen LogP) is 4.11. The van der Waals surface area contributed by atoms with Crippen molar-refractivity contribution in [3.63, 3.8) is 0 Å². The van der Waals surface area contributed by atoms with Gasteiger partial charge in [0.05, 0.1) is 0 Å². The van der Waals surface area contributed by atoms with Gasteiger partial charge in [-0.1, -0.05) is 24.3 Å². The first-order valence-electron chi connectivity index (χ1n) is 5.99. The summed E-state index contributed by atoms with van der Waals surface area (Å²) in [5.41, 5.74) is 0.719. The van der Waals surface area contributed by atoms with Gasteiger partial charge in [-0.25, -0.2) is 0 Å². The Bertz CT molecular complexity index is 614. The first kappa shape index (κ1) is 13.3. The molecule has 0 bridgehead atoms. The zero-order valence-electron chi connectivity index (χ0n) is 10.6. The van der Waals surface area contributed by atoms with Gasteiger partial charge in [-0.15, -0.1) is 0 Å². The second-order valence-corrected chi connectivity index (χ2v) is 3.83. The fraction of sp³-hybridized carbons (Fsp3) is 0.143. The van der Waals surface area contributed by atoms with Gasteiger partial charge in [0.15, 0.2) is 9.95 Å². The number of benzene rings is 2. The highest BCUT2D eigenvalue weighted by molar-refractivity contribution is 5.57. The van der Waals surface area contributed by atoms with Crippen molar-refractivity contribution in [2.75, 3.05) is 13.2 Å². The van der Waals surface area contributed by atoms with E-state index in [0.29, 0.717) is 22.9 Å². The molecule has 0 aliphatic rings. The molecule has 0 fully saturated rings. The summed E-state index contributed by atoms with van der Waals surface area (Å²) >= 11 is 0. The first-order chi connectivity index (χ1) is 9.85. The molecule has 2 rings (SSSR count). The quantitative estimate of drug-likeness (QED) is 0.604. The van der Waals surface area contributed by atoms with Crippen LogP contribution in [-0.2, 0) is 0 Å². The monoisotopic (exact) mass is 268 g/mol. The standard InChI is InChI=1S/C14H12N4O2/c15-17-11-5-1-3-7-13(11)19-9-10-20-14-8-4-2-6-12(14)18-16/h1-8H,9-10H2/q+2. The molecule has 6 heteroatoms. The van der Waals surface area contributed by atoms with Gasteiger partial charge in [-0.3, -0.25) is 0 Å². The normalized spacial score (nSPS) is 9.30. The van der Waals surface area contributed by atoms with Crippen LogP contribution in [0.25, 0.3) is 9.95 Å². The van der Waals surface area contributed by atoms with Crippen LogP contribution in [0.4, 0.5) is 11.4 Å². The van der Waals surface area contributed by atoms with Crippen molar-refractivity contribution < 1.29 is 9.47 Å². The lowest BCUT2D eigenvalue weighted by Crippen LogP contribution is -2.09. The highest BCUT2D eigenvalue weighted by Crippen LogP contribution is 2.28. The van der Waals surface area contributed by atoms with Crippen LogP contribution in [0.3, 0.4) is 0 Å². The first-order valence-corrected chi connectivity index (χ1v) is 5.99. The smallest absolute Gasteiger partial charge is 0.426 e. The minimum absolute atomic E-state index is 0.270. The van der Waals surface area contributed by atoms with Crippen molar-refractivity contribution in [1.82, 2.24) is 0 Å². The second-order valence-electron chi connectivity index (χ2n) is 3.83. The van der Waals surface area contributed by atoms with E-state index in [4.69, 9.17) is 20.3 Å². The number of hydrogen-bond acceptors (Lipinski definition) is 4. The molecular formula is C14H12N4O2+2. The van der Waals surface area contributed by atoms with Gasteiger partial charge in [0.25, 0.3) is 0 Å². The molecule has 98 valence electrons. The Labute approximate surface area is 115 Å². The van der Waals surface area contributed by atoms with Crippen LogP contribution < -0.4 is 9.47 Å². The van der Waals surface area contributed by atoms with Crippen molar-refractivity contribution in [3.8, 4) is 11.5 Å². The average Bonchev–Trinajstić information content (AvgIpc) is 2.52. The molecule has 0 radical (unpaired) electrons. The van der Waals surface area contributed by atoms with Crippen molar-refractivity contribution in [2.24, 2.45) is 0 Å². The maximum atomic E-state index is 8.79. The minimum Gasteiger partial charge on any atom is -0.482 e. The van der Waals surface area contributed by atoms with Gasteiger partial charge in [0.2, 0.25) is 22.3 Å². The molecule has 2 aromatic rings. The fourth-order valence-electron chi connectivity index (χ4n) is 1.63. The molecule has 0 N–H and O–H groups in total. The molecule has 0 saturated heterocycles. The molecule has 20 heavy (non-hydrogen) atoms. The molecular weight excluding hydrogens is 256 g/mol. The van der Waals surface area contributed by atoms with Crippen molar-refractivity contribution >= 4 is 11.4 Å². The number of ether oxygens (including phenoxy) is 2. The summed E-state index contributed by atoms with van der Waals surface area (Å²) < 4.78 is 10.9. The Balaban J connectivity index is 1.88. The van der Waals surface area contributed by atoms with Crippen molar-refractivity contribution in [3.05, 3.63) is 58.5 Å². The number of rotatable bonds is 5. The lowest BCUT2D eigenvalue weighted by Gasteiger charge is -2.05. The van der Waals surface area contributed by atoms with Gasteiger partial charge in [-0.2, -0.15) is 0 Å². The topological polar surface area (TPSA) is 74.8 Å². The number of para-hydroxylation sites is 2. The average molecular weight is 268 g/mol. The predicted molar refractivity (Wildman–Crippen MR) is 73.4 cm³/mol. The van der Waals surface area contributed by atoms with E-state index < -0.39 is 0 Å². The molecule has 0 saturated carbocycles. The molecule has 0 heterocycles. The highest BCUT2D eigenvalue weighted by Gasteiger charge is 2.15. The van der Waals surface area contributed by atoms with Crippen LogP contribution in [0.2, 0.25) is 0 Å². The zero-order chi connectivity index (χ0) is 14.2. The van der Waals surface area contributed by atoms with E-state index in [1.54, 1.807) is 48.5 Å². The number of hydrogen-bond donors (Lipinski definition) is 0. The van der Waals surface area contributed by atoms with Gasteiger partial charge in [0.1, 0.15) is 13.2 Å². The SMILES string of the molecule is N#[N+]c1ccccc1OCCOc1ccccc1[N+]#N. The van der Waals surface area contributed by atoms with E-state index in [-0.39, 0.29) is 13.2 Å². The van der Waals surface area contributed by atoms with E-state index in [1.165, 1.54) is 0 Å². The zero-order valence-corrected chi connectivity index (χ0v) is 10.6. The minimum atomic E-state index is 0.270. The summed E-state index contributed by atoms with van der Waals surface area (Å²) in [6.45, 7) is 0.540. The summed E-state index contributed by atoms with van der Waals surface area (Å²) in [4.78, 5) is 6.24. The Morgan fingerprint density at radius 2 is 1.10 bits per heavy atom. The van der Waals surface area contributed by atoms with E-state index in [2.05, 4.69) is 9.95 Å². The van der Waals surface area contributed by atoms with Crippen LogP contribution in [-0.4, -0.2) is 13.2 Å². The third-order valence-electron chi connectivity index (χ3n) is 2.54. The maximum absolute atomic E-state index is 8.79. The largest absolute Gasteiger partial charge is 0.482 e.